The number of aliphatic hydroxyl groups excluding tert-OH is 1. The van der Waals surface area contributed by atoms with Gasteiger partial charge < -0.3 is 19.6 Å². The van der Waals surface area contributed by atoms with Gasteiger partial charge in [0.05, 0.1) is 12.3 Å². The predicted molar refractivity (Wildman–Crippen MR) is 137 cm³/mol. The van der Waals surface area contributed by atoms with Crippen molar-refractivity contribution >= 4 is 18.4 Å². The molecule has 0 bridgehead atoms. The van der Waals surface area contributed by atoms with E-state index in [2.05, 4.69) is 26.0 Å². The molecule has 2 rings (SSSR count). The highest BCUT2D eigenvalue weighted by atomic mass is 19.1. The van der Waals surface area contributed by atoms with Crippen molar-refractivity contribution in [1.82, 2.24) is 4.57 Å². The van der Waals surface area contributed by atoms with Crippen molar-refractivity contribution in [3.05, 3.63) is 70.2 Å². The molecule has 0 amide bonds. The number of carbonyl (C=O) groups excluding carboxylic acids is 1. The molecule has 180 valence electrons. The Hall–Kier alpha value is -3.27. The number of carbonyl (C=O) groups is 1. The Morgan fingerprint density at radius 2 is 1.52 bits per heavy atom. The quantitative estimate of drug-likeness (QED) is 0.482. The Morgan fingerprint density at radius 1 is 1.06 bits per heavy atom. The van der Waals surface area contributed by atoms with E-state index in [1.165, 1.54) is 10.6 Å². The molecule has 2 aromatic rings. The zero-order valence-corrected chi connectivity index (χ0v) is 20.3. The molecule has 1 aromatic heterocycles. The molecule has 0 aliphatic rings. The zero-order valence-electron chi connectivity index (χ0n) is 20.3. The van der Waals surface area contributed by atoms with Gasteiger partial charge >= 0.3 is 0 Å². The number of alkyl halides is 1. The summed E-state index contributed by atoms with van der Waals surface area (Å²) < 4.78 is 14.0. The number of hydrogen-bond donors (Lipinski definition) is 2. The molecule has 0 saturated heterocycles. The van der Waals surface area contributed by atoms with E-state index >= 15 is 0 Å². The van der Waals surface area contributed by atoms with Crippen LogP contribution in [0.2, 0.25) is 0 Å². The summed E-state index contributed by atoms with van der Waals surface area (Å²) in [5.41, 5.74) is 3.53. The van der Waals surface area contributed by atoms with Crippen LogP contribution in [-0.4, -0.2) is 40.5 Å². The van der Waals surface area contributed by atoms with Gasteiger partial charge in [0.2, 0.25) is 0 Å². The third-order valence-electron chi connectivity index (χ3n) is 4.10. The lowest BCUT2D eigenvalue weighted by Gasteiger charge is -2.18. The van der Waals surface area contributed by atoms with Crippen molar-refractivity contribution < 1.29 is 19.4 Å². The fourth-order valence-corrected chi connectivity index (χ4v) is 2.87. The van der Waals surface area contributed by atoms with Gasteiger partial charge in [0.1, 0.15) is 6.29 Å². The second-order valence-corrected chi connectivity index (χ2v) is 7.60. The maximum atomic E-state index is 12.5. The Bertz CT molecular complexity index is 959. The van der Waals surface area contributed by atoms with Gasteiger partial charge in [-0.15, -0.1) is 12.8 Å². The molecular formula is C27H36FNO4. The first-order chi connectivity index (χ1) is 15.6. The maximum Gasteiger partial charge on any atom is 0.258 e. The number of nitrogens with zero attached hydrogens (tertiary/aromatic N) is 1. The van der Waals surface area contributed by atoms with E-state index in [-0.39, 0.29) is 12.0 Å². The second-order valence-electron chi connectivity index (χ2n) is 7.60. The summed E-state index contributed by atoms with van der Waals surface area (Å²) in [7, 11) is 2.64. The summed E-state index contributed by atoms with van der Waals surface area (Å²) in [5, 5.41) is 15.5. The van der Waals surface area contributed by atoms with E-state index in [1.807, 2.05) is 24.3 Å². The zero-order chi connectivity index (χ0) is 26.2. The summed E-state index contributed by atoms with van der Waals surface area (Å²) in [6.45, 7) is 12.3. The van der Waals surface area contributed by atoms with Gasteiger partial charge in [-0.2, -0.15) is 0 Å². The summed E-state index contributed by atoms with van der Waals surface area (Å²) in [5.74, 6) is 0. The highest BCUT2D eigenvalue weighted by Crippen LogP contribution is 2.30. The molecule has 0 aliphatic carbocycles. The smallest absolute Gasteiger partial charge is 0.258 e. The first-order valence-electron chi connectivity index (χ1n) is 10.2. The van der Waals surface area contributed by atoms with Crippen LogP contribution in [0.3, 0.4) is 0 Å². The minimum absolute atomic E-state index is 0.117. The van der Waals surface area contributed by atoms with Gasteiger partial charge in [-0.1, -0.05) is 49.6 Å². The molecule has 0 atom stereocenters. The van der Waals surface area contributed by atoms with Gasteiger partial charge in [0, 0.05) is 43.8 Å². The Balaban J connectivity index is 0. The summed E-state index contributed by atoms with van der Waals surface area (Å²) in [4.78, 5) is 23.6. The van der Waals surface area contributed by atoms with Crippen LogP contribution < -0.4 is 5.56 Å². The average Bonchev–Trinajstić information content (AvgIpc) is 2.79. The second kappa shape index (κ2) is 16.4. The van der Waals surface area contributed by atoms with Crippen molar-refractivity contribution in [1.29, 1.82) is 0 Å². The normalized spacial score (nSPS) is 9.64. The third-order valence-corrected chi connectivity index (χ3v) is 4.10. The summed E-state index contributed by atoms with van der Waals surface area (Å²) in [6.07, 6.45) is 12.4. The molecule has 0 spiro atoms. The fraction of sp³-hybridized carbons (Fsp3) is 0.333. The van der Waals surface area contributed by atoms with Gasteiger partial charge in [-0.3, -0.25) is 9.18 Å². The number of aryl methyl sites for hydroxylation is 1. The average molecular weight is 458 g/mol. The lowest BCUT2D eigenvalue weighted by atomic mass is 9.92. The minimum Gasteiger partial charge on any atom is -0.400 e. The van der Waals surface area contributed by atoms with E-state index < -0.39 is 12.3 Å². The lowest BCUT2D eigenvalue weighted by Crippen LogP contribution is -2.25. The van der Waals surface area contributed by atoms with Crippen LogP contribution in [0, 0.1) is 12.8 Å². The minimum atomic E-state index is -0.500. The van der Waals surface area contributed by atoms with Crippen molar-refractivity contribution in [2.45, 2.75) is 39.2 Å². The number of pyridine rings is 1. The van der Waals surface area contributed by atoms with Crippen LogP contribution >= 0.6 is 0 Å². The molecule has 6 heteroatoms. The number of rotatable bonds is 7. The largest absolute Gasteiger partial charge is 0.400 e. The van der Waals surface area contributed by atoms with Gasteiger partial charge in [-0.05, 0) is 37.5 Å². The molecule has 0 fully saturated rings. The molecule has 5 nitrogen and oxygen atoms in total. The topological polar surface area (TPSA) is 79.5 Å². The molecule has 1 aromatic carbocycles. The SMILES string of the molecule is C#C.C=Cc1c(-c2ccc(CCF)cc2)c(CC=O)n(C)c(=O)c1C=C.CC(C)(C)O.CO. The van der Waals surface area contributed by atoms with E-state index in [0.29, 0.717) is 23.2 Å². The number of benzene rings is 1. The van der Waals surface area contributed by atoms with Crippen molar-refractivity contribution in [2.24, 2.45) is 7.05 Å². The van der Waals surface area contributed by atoms with Crippen LogP contribution in [0.5, 0.6) is 0 Å². The van der Waals surface area contributed by atoms with E-state index in [1.54, 1.807) is 33.9 Å². The third kappa shape index (κ3) is 10.3. The molecule has 0 saturated carbocycles. The molecule has 2 N–H and O–H groups in total. The summed E-state index contributed by atoms with van der Waals surface area (Å²) >= 11 is 0. The molecule has 33 heavy (non-hydrogen) atoms. The summed E-state index contributed by atoms with van der Waals surface area (Å²) in [6, 6.07) is 7.45. The highest BCUT2D eigenvalue weighted by Gasteiger charge is 2.18. The molecule has 0 unspecified atom stereocenters. The van der Waals surface area contributed by atoms with Gasteiger partial charge in [0.25, 0.3) is 5.56 Å². The molecule has 1 heterocycles. The van der Waals surface area contributed by atoms with Crippen LogP contribution in [0.25, 0.3) is 23.3 Å². The van der Waals surface area contributed by atoms with Crippen LogP contribution in [0.15, 0.2) is 42.2 Å². The Labute approximate surface area is 196 Å². The first kappa shape index (κ1) is 31.9. The lowest BCUT2D eigenvalue weighted by molar-refractivity contribution is -0.107. The first-order valence-corrected chi connectivity index (χ1v) is 10.2. The highest BCUT2D eigenvalue weighted by molar-refractivity contribution is 5.83. The Morgan fingerprint density at radius 3 is 1.88 bits per heavy atom. The van der Waals surface area contributed by atoms with Gasteiger partial charge in [0.15, 0.2) is 0 Å². The van der Waals surface area contributed by atoms with E-state index in [4.69, 9.17) is 10.2 Å². The number of aliphatic hydroxyl groups is 2. The number of terminal acetylenes is 1. The van der Waals surface area contributed by atoms with E-state index in [9.17, 15) is 14.0 Å². The molecule has 0 aliphatic heterocycles. The number of halogens is 1. The fourth-order valence-electron chi connectivity index (χ4n) is 2.87. The number of aldehydes is 1. The molecule has 0 radical (unpaired) electrons. The van der Waals surface area contributed by atoms with Crippen LogP contribution in [0.4, 0.5) is 4.39 Å². The standard InChI is InChI=1S/C20H20FNO2.C4H10O.C2H2.CH4O/c1-4-16-17(5-2)20(24)22(3)18(11-13-23)19(16)15-8-6-14(7-9-15)10-12-21;1-4(2,3)5;2*1-2/h4-9,13H,1-2,10-12H2,3H3;5H,1-3H3;1-2H;2H,1H3. The van der Waals surface area contributed by atoms with Gasteiger partial charge in [-0.25, -0.2) is 0 Å². The monoisotopic (exact) mass is 457 g/mol. The Kier molecular flexibility index (Phi) is 15.8. The van der Waals surface area contributed by atoms with Crippen LogP contribution in [0.1, 0.15) is 43.2 Å². The van der Waals surface area contributed by atoms with Crippen LogP contribution in [-0.2, 0) is 24.7 Å². The predicted octanol–water partition coefficient (Wildman–Crippen LogP) is 4.23. The maximum absolute atomic E-state index is 12.5. The van der Waals surface area contributed by atoms with Crippen molar-refractivity contribution in [3.63, 3.8) is 0 Å². The van der Waals surface area contributed by atoms with Crippen molar-refractivity contribution in [2.75, 3.05) is 13.8 Å². The van der Waals surface area contributed by atoms with Crippen molar-refractivity contribution in [3.8, 4) is 24.0 Å². The number of hydrogen-bond acceptors (Lipinski definition) is 4. The van der Waals surface area contributed by atoms with E-state index in [0.717, 1.165) is 30.1 Å². The number of aromatic nitrogens is 1. The molecular weight excluding hydrogens is 421 g/mol.